The molecule has 0 bridgehead atoms. The number of methoxy groups -OCH3 is 1. The van der Waals surface area contributed by atoms with Crippen molar-refractivity contribution in [1.82, 2.24) is 29.3 Å². The Bertz CT molecular complexity index is 1200. The summed E-state index contributed by atoms with van der Waals surface area (Å²) in [6, 6.07) is 1.86. The molecule has 1 aliphatic heterocycles. The van der Waals surface area contributed by atoms with Gasteiger partial charge in [0.05, 0.1) is 33.7 Å². The van der Waals surface area contributed by atoms with Crippen LogP contribution in [0.4, 0.5) is 0 Å². The average molecular weight is 406 g/mol. The summed E-state index contributed by atoms with van der Waals surface area (Å²) in [4.78, 5) is 14.6. The molecule has 1 saturated heterocycles. The zero-order valence-corrected chi connectivity index (χ0v) is 16.9. The third kappa shape index (κ3) is 2.61. The summed E-state index contributed by atoms with van der Waals surface area (Å²) >= 11 is 0. The molecule has 1 aliphatic rings. The molecule has 0 saturated carbocycles. The van der Waals surface area contributed by atoms with Gasteiger partial charge in [0.2, 0.25) is 10.0 Å². The maximum absolute atomic E-state index is 12.4. The molecule has 0 atom stereocenters. The molecule has 0 aliphatic carbocycles. The van der Waals surface area contributed by atoms with Gasteiger partial charge < -0.3 is 9.72 Å². The van der Waals surface area contributed by atoms with E-state index in [4.69, 9.17) is 4.74 Å². The summed E-state index contributed by atoms with van der Waals surface area (Å²) in [7, 11) is 0.0124. The first-order chi connectivity index (χ1) is 13.2. The monoisotopic (exact) mass is 406 g/mol. The normalized spacial score (nSPS) is 17.3. The highest BCUT2D eigenvalue weighted by Gasteiger charge is 2.52. The van der Waals surface area contributed by atoms with Crippen LogP contribution in [0, 0.1) is 0 Å². The number of aromatic amines is 2. The van der Waals surface area contributed by atoms with Crippen molar-refractivity contribution in [3.05, 3.63) is 34.5 Å². The Kier molecular flexibility index (Phi) is 4.21. The maximum Gasteiger partial charge on any atom is 0.259 e. The molecular formula is C17H22N6O4S. The smallest absolute Gasteiger partial charge is 0.259 e. The summed E-state index contributed by atoms with van der Waals surface area (Å²) in [5, 5.41) is 11.3. The molecule has 150 valence electrons. The highest BCUT2D eigenvalue weighted by molar-refractivity contribution is 7.89. The van der Waals surface area contributed by atoms with Crippen molar-refractivity contribution < 1.29 is 13.2 Å². The minimum atomic E-state index is -3.34. The van der Waals surface area contributed by atoms with Gasteiger partial charge in [-0.3, -0.25) is 14.6 Å². The van der Waals surface area contributed by atoms with Crippen LogP contribution in [0.15, 0.2) is 23.3 Å². The lowest BCUT2D eigenvalue weighted by atomic mass is 9.92. The SMILES string of the molecule is COC1(c2cc(-c3c[nH]c(=O)c4cn[nH]c34)nn2C)CN(S(=O)(=O)C(C)C)C1. The molecule has 28 heavy (non-hydrogen) atoms. The molecule has 0 amide bonds. The largest absolute Gasteiger partial charge is 0.369 e. The van der Waals surface area contributed by atoms with E-state index in [0.29, 0.717) is 22.2 Å². The molecule has 3 aromatic heterocycles. The molecule has 3 aromatic rings. The fourth-order valence-electron chi connectivity index (χ4n) is 3.58. The van der Waals surface area contributed by atoms with E-state index in [0.717, 1.165) is 5.69 Å². The van der Waals surface area contributed by atoms with Crippen LogP contribution in [0.2, 0.25) is 0 Å². The third-order valence-electron chi connectivity index (χ3n) is 5.33. The lowest BCUT2D eigenvalue weighted by Gasteiger charge is -2.48. The van der Waals surface area contributed by atoms with E-state index < -0.39 is 20.9 Å². The van der Waals surface area contributed by atoms with Gasteiger partial charge in [0.1, 0.15) is 5.60 Å². The quantitative estimate of drug-likeness (QED) is 0.637. The lowest BCUT2D eigenvalue weighted by Crippen LogP contribution is -2.63. The van der Waals surface area contributed by atoms with Crippen LogP contribution in [-0.4, -0.2) is 63.1 Å². The van der Waals surface area contributed by atoms with E-state index in [1.54, 1.807) is 38.9 Å². The highest BCUT2D eigenvalue weighted by atomic mass is 32.2. The van der Waals surface area contributed by atoms with E-state index in [1.807, 2.05) is 6.07 Å². The van der Waals surface area contributed by atoms with Gasteiger partial charge in [-0.2, -0.15) is 14.5 Å². The van der Waals surface area contributed by atoms with Crippen molar-refractivity contribution in [1.29, 1.82) is 0 Å². The Balaban J connectivity index is 1.73. The van der Waals surface area contributed by atoms with E-state index in [2.05, 4.69) is 20.3 Å². The molecule has 4 heterocycles. The number of nitrogens with one attached hydrogen (secondary N) is 2. The van der Waals surface area contributed by atoms with Gasteiger partial charge in [-0.1, -0.05) is 0 Å². The average Bonchev–Trinajstić information content (AvgIpc) is 3.23. The molecule has 10 nitrogen and oxygen atoms in total. The summed E-state index contributed by atoms with van der Waals surface area (Å²) in [6.07, 6.45) is 3.06. The van der Waals surface area contributed by atoms with Gasteiger partial charge in [0.15, 0.2) is 0 Å². The Morgan fingerprint density at radius 1 is 1.32 bits per heavy atom. The number of nitrogens with zero attached hydrogens (tertiary/aromatic N) is 4. The van der Waals surface area contributed by atoms with Crippen LogP contribution in [0.25, 0.3) is 22.2 Å². The first kappa shape index (κ1) is 18.8. The van der Waals surface area contributed by atoms with Gasteiger partial charge in [0.25, 0.3) is 5.56 Å². The number of aryl methyl sites for hydroxylation is 1. The zero-order chi connectivity index (χ0) is 20.3. The molecule has 2 N–H and O–H groups in total. The molecule has 4 rings (SSSR count). The Hall–Kier alpha value is -2.50. The fourth-order valence-corrected chi connectivity index (χ4v) is 4.95. The molecule has 0 aromatic carbocycles. The van der Waals surface area contributed by atoms with Crippen LogP contribution in [0.1, 0.15) is 19.5 Å². The second-order valence-corrected chi connectivity index (χ2v) is 9.78. The topological polar surface area (TPSA) is 126 Å². The molecule has 0 radical (unpaired) electrons. The first-order valence-electron chi connectivity index (χ1n) is 8.83. The van der Waals surface area contributed by atoms with Crippen molar-refractivity contribution in [2.45, 2.75) is 24.7 Å². The van der Waals surface area contributed by atoms with Crippen molar-refractivity contribution in [2.24, 2.45) is 7.05 Å². The van der Waals surface area contributed by atoms with Crippen LogP contribution in [0.5, 0.6) is 0 Å². The molecule has 1 fully saturated rings. The van der Waals surface area contributed by atoms with Crippen LogP contribution in [-0.2, 0) is 27.4 Å². The number of fused-ring (bicyclic) bond motifs is 1. The Labute approximate surface area is 161 Å². The van der Waals surface area contributed by atoms with E-state index in [-0.39, 0.29) is 18.6 Å². The van der Waals surface area contributed by atoms with E-state index in [1.165, 1.54) is 10.5 Å². The number of hydrogen-bond acceptors (Lipinski definition) is 6. The van der Waals surface area contributed by atoms with Gasteiger partial charge in [0, 0.05) is 39.0 Å². The van der Waals surface area contributed by atoms with Crippen molar-refractivity contribution in [3.63, 3.8) is 0 Å². The maximum atomic E-state index is 12.4. The number of aromatic nitrogens is 5. The van der Waals surface area contributed by atoms with Gasteiger partial charge >= 0.3 is 0 Å². The molecule has 0 spiro atoms. The fraction of sp³-hybridized carbons (Fsp3) is 0.471. The summed E-state index contributed by atoms with van der Waals surface area (Å²) in [5.41, 5.74) is 1.69. The minimum absolute atomic E-state index is 0.230. The number of pyridine rings is 1. The Morgan fingerprint density at radius 2 is 2.04 bits per heavy atom. The van der Waals surface area contributed by atoms with Crippen LogP contribution >= 0.6 is 0 Å². The van der Waals surface area contributed by atoms with E-state index in [9.17, 15) is 13.2 Å². The second kappa shape index (κ2) is 6.26. The van der Waals surface area contributed by atoms with Crippen molar-refractivity contribution in [2.75, 3.05) is 20.2 Å². The number of sulfonamides is 1. The standard InChI is InChI=1S/C17H22N6O4S/c1-10(2)28(25,26)23-8-17(9-23,27-4)14-5-13(21-22(14)3)11-6-18-16(24)12-7-19-20-15(11)12/h5-7,10H,8-9H2,1-4H3,(H,18,24)(H,19,20). The molecular weight excluding hydrogens is 384 g/mol. The van der Waals surface area contributed by atoms with E-state index >= 15 is 0 Å². The number of ether oxygens (including phenoxy) is 1. The van der Waals surface area contributed by atoms with Gasteiger partial charge in [-0.05, 0) is 19.9 Å². The predicted octanol–water partition coefficient (Wildman–Crippen LogP) is 0.547. The minimum Gasteiger partial charge on any atom is -0.369 e. The number of H-pyrrole nitrogens is 2. The molecule has 0 unspecified atom stereocenters. The van der Waals surface area contributed by atoms with Gasteiger partial charge in [-0.15, -0.1) is 0 Å². The summed E-state index contributed by atoms with van der Waals surface area (Å²) in [5.74, 6) is 0. The first-order valence-corrected chi connectivity index (χ1v) is 10.3. The zero-order valence-electron chi connectivity index (χ0n) is 16.1. The van der Waals surface area contributed by atoms with Crippen molar-refractivity contribution >= 4 is 20.9 Å². The highest BCUT2D eigenvalue weighted by Crippen LogP contribution is 2.39. The predicted molar refractivity (Wildman–Crippen MR) is 103 cm³/mol. The van der Waals surface area contributed by atoms with Crippen LogP contribution < -0.4 is 5.56 Å². The van der Waals surface area contributed by atoms with Crippen molar-refractivity contribution in [3.8, 4) is 11.3 Å². The summed E-state index contributed by atoms with van der Waals surface area (Å²) in [6.45, 7) is 3.79. The molecule has 11 heteroatoms. The number of hydrogen-bond donors (Lipinski definition) is 2. The lowest BCUT2D eigenvalue weighted by molar-refractivity contribution is -0.103. The van der Waals surface area contributed by atoms with Gasteiger partial charge in [-0.25, -0.2) is 8.42 Å². The third-order valence-corrected chi connectivity index (χ3v) is 7.50. The summed E-state index contributed by atoms with van der Waals surface area (Å²) < 4.78 is 33.7. The second-order valence-electron chi connectivity index (χ2n) is 7.29. The number of rotatable bonds is 5. The van der Waals surface area contributed by atoms with Crippen LogP contribution in [0.3, 0.4) is 0 Å². The Morgan fingerprint density at radius 3 is 2.68 bits per heavy atom.